The third-order valence-electron chi connectivity index (χ3n) is 6.56. The number of amides is 2. The van der Waals surface area contributed by atoms with Crippen LogP contribution in [0, 0.1) is 0 Å². The molecular weight excluding hydrogens is 476 g/mol. The van der Waals surface area contributed by atoms with E-state index in [-0.39, 0.29) is 29.2 Å². The predicted molar refractivity (Wildman–Crippen MR) is 139 cm³/mol. The van der Waals surface area contributed by atoms with E-state index in [1.54, 1.807) is 29.6 Å². The number of benzene rings is 2. The van der Waals surface area contributed by atoms with E-state index in [0.717, 1.165) is 31.2 Å². The highest BCUT2D eigenvalue weighted by atomic mass is 32.2. The highest BCUT2D eigenvalue weighted by Gasteiger charge is 2.20. The SMILES string of the molecule is Cn1c(=O)c2ccc(C(=O)NC3CCCCC3)cc2n2c(SCC(=O)NCc3ccccc3)nnc12. The van der Waals surface area contributed by atoms with Crippen molar-refractivity contribution >= 4 is 40.3 Å². The van der Waals surface area contributed by atoms with Crippen LogP contribution in [0.2, 0.25) is 0 Å². The molecule has 0 unspecified atom stereocenters. The summed E-state index contributed by atoms with van der Waals surface area (Å²) in [4.78, 5) is 38.4. The molecule has 0 spiro atoms. The summed E-state index contributed by atoms with van der Waals surface area (Å²) >= 11 is 1.23. The first-order valence-electron chi connectivity index (χ1n) is 12.1. The Labute approximate surface area is 212 Å². The first-order valence-corrected chi connectivity index (χ1v) is 13.1. The van der Waals surface area contributed by atoms with Crippen molar-refractivity contribution < 1.29 is 9.59 Å². The molecule has 10 heteroatoms. The Morgan fingerprint density at radius 3 is 2.61 bits per heavy atom. The van der Waals surface area contributed by atoms with E-state index < -0.39 is 0 Å². The minimum Gasteiger partial charge on any atom is -0.351 e. The average Bonchev–Trinajstić information content (AvgIpc) is 3.34. The summed E-state index contributed by atoms with van der Waals surface area (Å²) in [5, 5.41) is 15.4. The molecule has 2 N–H and O–H groups in total. The van der Waals surface area contributed by atoms with Crippen LogP contribution in [-0.2, 0) is 18.4 Å². The molecule has 5 rings (SSSR count). The number of carbonyl (C=O) groups is 2. The fourth-order valence-corrected chi connectivity index (χ4v) is 5.36. The van der Waals surface area contributed by atoms with Gasteiger partial charge >= 0.3 is 0 Å². The van der Waals surface area contributed by atoms with Gasteiger partial charge in [0.15, 0.2) is 5.16 Å². The maximum atomic E-state index is 13.0. The first kappa shape index (κ1) is 24.1. The van der Waals surface area contributed by atoms with Gasteiger partial charge in [0.25, 0.3) is 11.5 Å². The van der Waals surface area contributed by atoms with Gasteiger partial charge in [-0.1, -0.05) is 61.4 Å². The summed E-state index contributed by atoms with van der Waals surface area (Å²) in [6.45, 7) is 0.442. The summed E-state index contributed by atoms with van der Waals surface area (Å²) < 4.78 is 3.17. The monoisotopic (exact) mass is 504 g/mol. The first-order chi connectivity index (χ1) is 17.5. The third-order valence-corrected chi connectivity index (χ3v) is 7.49. The second-order valence-electron chi connectivity index (χ2n) is 9.07. The number of hydrogen-bond donors (Lipinski definition) is 2. The van der Waals surface area contributed by atoms with Crippen LogP contribution in [0.15, 0.2) is 58.5 Å². The van der Waals surface area contributed by atoms with Gasteiger partial charge < -0.3 is 10.6 Å². The lowest BCUT2D eigenvalue weighted by molar-refractivity contribution is -0.118. The van der Waals surface area contributed by atoms with Crippen LogP contribution >= 0.6 is 11.8 Å². The Hall–Kier alpha value is -3.66. The van der Waals surface area contributed by atoms with Gasteiger partial charge in [-0.15, -0.1) is 10.2 Å². The Morgan fingerprint density at radius 1 is 1.06 bits per heavy atom. The summed E-state index contributed by atoms with van der Waals surface area (Å²) in [5.74, 6) is 0.201. The normalized spacial score (nSPS) is 14.2. The number of nitrogens with one attached hydrogen (secondary N) is 2. The highest BCUT2D eigenvalue weighted by molar-refractivity contribution is 7.99. The number of thioether (sulfide) groups is 1. The fraction of sp³-hybridized carbons (Fsp3) is 0.346. The molecule has 1 fully saturated rings. The second kappa shape index (κ2) is 10.5. The van der Waals surface area contributed by atoms with Gasteiger partial charge in [0.1, 0.15) is 0 Å². The van der Waals surface area contributed by atoms with Gasteiger partial charge in [-0.3, -0.25) is 23.4 Å². The van der Waals surface area contributed by atoms with Crippen LogP contribution in [0.3, 0.4) is 0 Å². The third kappa shape index (κ3) is 4.99. The van der Waals surface area contributed by atoms with E-state index in [4.69, 9.17) is 0 Å². The molecule has 36 heavy (non-hydrogen) atoms. The number of nitrogens with zero attached hydrogens (tertiary/aromatic N) is 4. The van der Waals surface area contributed by atoms with Gasteiger partial charge in [-0.2, -0.15) is 0 Å². The molecule has 1 aliphatic carbocycles. The molecule has 0 saturated heterocycles. The smallest absolute Gasteiger partial charge is 0.262 e. The molecule has 2 heterocycles. The van der Waals surface area contributed by atoms with E-state index in [1.807, 2.05) is 30.3 Å². The van der Waals surface area contributed by atoms with Crippen molar-refractivity contribution in [1.82, 2.24) is 29.8 Å². The molecule has 2 aromatic carbocycles. The summed E-state index contributed by atoms with van der Waals surface area (Å²) in [5.41, 5.74) is 1.82. The summed E-state index contributed by atoms with van der Waals surface area (Å²) in [6, 6.07) is 14.9. The minimum absolute atomic E-state index is 0.137. The van der Waals surface area contributed by atoms with Crippen molar-refractivity contribution in [1.29, 1.82) is 0 Å². The molecule has 9 nitrogen and oxygen atoms in total. The van der Waals surface area contributed by atoms with Crippen LogP contribution in [0.4, 0.5) is 0 Å². The van der Waals surface area contributed by atoms with Crippen molar-refractivity contribution in [2.24, 2.45) is 7.05 Å². The highest BCUT2D eigenvalue weighted by Crippen LogP contribution is 2.23. The van der Waals surface area contributed by atoms with Crippen molar-refractivity contribution in [3.63, 3.8) is 0 Å². The van der Waals surface area contributed by atoms with E-state index in [1.165, 1.54) is 22.7 Å². The molecular formula is C26H28N6O3S. The lowest BCUT2D eigenvalue weighted by Gasteiger charge is -2.22. The molecule has 0 aliphatic heterocycles. The van der Waals surface area contributed by atoms with Gasteiger partial charge in [-0.05, 0) is 36.6 Å². The number of aryl methyl sites for hydroxylation is 1. The van der Waals surface area contributed by atoms with E-state index >= 15 is 0 Å². The van der Waals surface area contributed by atoms with Crippen molar-refractivity contribution in [2.45, 2.75) is 49.8 Å². The Balaban J connectivity index is 1.40. The number of hydrogen-bond acceptors (Lipinski definition) is 6. The lowest BCUT2D eigenvalue weighted by atomic mass is 9.95. The van der Waals surface area contributed by atoms with Crippen molar-refractivity contribution in [2.75, 3.05) is 5.75 Å². The zero-order valence-corrected chi connectivity index (χ0v) is 20.9. The second-order valence-corrected chi connectivity index (χ2v) is 10.0. The summed E-state index contributed by atoms with van der Waals surface area (Å²) in [6.07, 6.45) is 5.44. The zero-order valence-electron chi connectivity index (χ0n) is 20.1. The Morgan fingerprint density at radius 2 is 1.83 bits per heavy atom. The molecule has 1 aliphatic rings. The molecule has 4 aromatic rings. The fourth-order valence-electron chi connectivity index (χ4n) is 4.59. The van der Waals surface area contributed by atoms with Crippen molar-refractivity contribution in [3.05, 3.63) is 70.0 Å². The van der Waals surface area contributed by atoms with Gasteiger partial charge in [0.05, 0.1) is 16.7 Å². The number of carbonyl (C=O) groups excluding carboxylic acids is 2. The average molecular weight is 505 g/mol. The minimum atomic E-state index is -0.221. The molecule has 0 bridgehead atoms. The van der Waals surface area contributed by atoms with Crippen LogP contribution in [0.5, 0.6) is 0 Å². The quantitative estimate of drug-likeness (QED) is 0.375. The van der Waals surface area contributed by atoms with Gasteiger partial charge in [-0.25, -0.2) is 0 Å². The summed E-state index contributed by atoms with van der Waals surface area (Å²) in [7, 11) is 1.64. The van der Waals surface area contributed by atoms with Crippen LogP contribution in [0.1, 0.15) is 48.0 Å². The van der Waals surface area contributed by atoms with E-state index in [2.05, 4.69) is 20.8 Å². The van der Waals surface area contributed by atoms with Crippen molar-refractivity contribution in [3.8, 4) is 0 Å². The molecule has 2 amide bonds. The van der Waals surface area contributed by atoms with E-state index in [0.29, 0.717) is 33.9 Å². The zero-order chi connectivity index (χ0) is 25.1. The van der Waals surface area contributed by atoms with Crippen LogP contribution in [0.25, 0.3) is 16.7 Å². The Bertz CT molecular complexity index is 1470. The molecule has 2 aromatic heterocycles. The van der Waals surface area contributed by atoms with Gasteiger partial charge in [0.2, 0.25) is 11.7 Å². The number of aromatic nitrogens is 4. The standard InChI is InChI=1S/C26H28N6O3S/c1-31-24(35)20-13-12-18(23(34)28-19-10-6-3-7-11-19)14-21(20)32-25(31)29-30-26(32)36-16-22(33)27-15-17-8-4-2-5-9-17/h2,4-5,8-9,12-14,19H,3,6-7,10-11,15-16H2,1H3,(H,27,33)(H,28,34). The molecule has 186 valence electrons. The molecule has 0 radical (unpaired) electrons. The predicted octanol–water partition coefficient (Wildman–Crippen LogP) is 3.05. The van der Waals surface area contributed by atoms with E-state index in [9.17, 15) is 14.4 Å². The number of fused-ring (bicyclic) bond motifs is 3. The Kier molecular flexibility index (Phi) is 7.04. The van der Waals surface area contributed by atoms with Crippen LogP contribution in [-0.4, -0.2) is 42.8 Å². The largest absolute Gasteiger partial charge is 0.351 e. The molecule has 0 atom stereocenters. The topological polar surface area (TPSA) is 110 Å². The van der Waals surface area contributed by atoms with Crippen LogP contribution < -0.4 is 16.2 Å². The lowest BCUT2D eigenvalue weighted by Crippen LogP contribution is -2.36. The van der Waals surface area contributed by atoms with Gasteiger partial charge in [0, 0.05) is 25.2 Å². The number of rotatable bonds is 7. The molecule has 1 saturated carbocycles. The maximum Gasteiger partial charge on any atom is 0.262 e. The maximum absolute atomic E-state index is 13.0.